The number of carbonyl (C=O) groups excluding carboxylic acids is 1. The van der Waals surface area contributed by atoms with Crippen molar-refractivity contribution in [3.63, 3.8) is 0 Å². The largest absolute Gasteiger partial charge is 0.433 e. The second kappa shape index (κ2) is 10.9. The van der Waals surface area contributed by atoms with Gasteiger partial charge in [0.2, 0.25) is 6.41 Å². The van der Waals surface area contributed by atoms with E-state index >= 15 is 0 Å². The van der Waals surface area contributed by atoms with E-state index < -0.39 is 11.9 Å². The molecule has 35 heavy (non-hydrogen) atoms. The highest BCUT2D eigenvalue weighted by Crippen LogP contribution is 2.32. The number of aromatic nitrogens is 6. The number of carbonyl (C=O) groups is 1. The van der Waals surface area contributed by atoms with Crippen LogP contribution in [0.3, 0.4) is 0 Å². The maximum atomic E-state index is 12.7. The molecular weight excluding hydrogens is 459 g/mol. The van der Waals surface area contributed by atoms with E-state index in [1.54, 1.807) is 42.5 Å². The lowest BCUT2D eigenvalue weighted by Gasteiger charge is -2.08. The molecule has 0 aliphatic heterocycles. The number of hydrogen-bond donors (Lipinski definition) is 1. The molecule has 4 heterocycles. The molecule has 0 aliphatic rings. The minimum atomic E-state index is -4.43. The monoisotopic (exact) mass is 483 g/mol. The fourth-order valence-electron chi connectivity index (χ4n) is 3.53. The van der Waals surface area contributed by atoms with E-state index in [2.05, 4.69) is 30.4 Å². The smallest absolute Gasteiger partial charge is 0.313 e. The summed E-state index contributed by atoms with van der Waals surface area (Å²) in [6, 6.07) is 4.55. The quantitative estimate of drug-likeness (QED) is 0.401. The van der Waals surface area contributed by atoms with Crippen molar-refractivity contribution in [3.8, 4) is 22.4 Å². The minimum absolute atomic E-state index is 0.497. The fraction of sp³-hybridized carbons (Fsp3) is 0.250. The van der Waals surface area contributed by atoms with Crippen LogP contribution in [0.15, 0.2) is 49.2 Å². The first-order valence-electron chi connectivity index (χ1n) is 10.7. The van der Waals surface area contributed by atoms with Crippen molar-refractivity contribution in [1.82, 2.24) is 29.7 Å². The van der Waals surface area contributed by atoms with Crippen LogP contribution in [0.2, 0.25) is 0 Å². The van der Waals surface area contributed by atoms with Crippen molar-refractivity contribution in [2.45, 2.75) is 40.4 Å². The van der Waals surface area contributed by atoms with Gasteiger partial charge in [0, 0.05) is 48.2 Å². The van der Waals surface area contributed by atoms with Gasteiger partial charge < -0.3 is 5.32 Å². The van der Waals surface area contributed by atoms with Crippen LogP contribution in [0.4, 0.5) is 19.0 Å². The van der Waals surface area contributed by atoms with E-state index in [-0.39, 0.29) is 0 Å². The van der Waals surface area contributed by atoms with E-state index in [0.717, 1.165) is 39.8 Å². The molecule has 0 unspecified atom stereocenters. The molecule has 8 nitrogen and oxygen atoms in total. The van der Waals surface area contributed by atoms with Gasteiger partial charge in [-0.25, -0.2) is 4.98 Å². The lowest BCUT2D eigenvalue weighted by molar-refractivity contribution is -0.141. The molecule has 0 aromatic carbocycles. The molecule has 4 rings (SSSR count). The summed E-state index contributed by atoms with van der Waals surface area (Å²) in [5.41, 5.74) is 4.46. The fourth-order valence-corrected chi connectivity index (χ4v) is 3.53. The number of aryl methyl sites for hydroxylation is 3. The topological polar surface area (TPSA) is 98.5 Å². The Hall–Kier alpha value is -4.15. The minimum Gasteiger partial charge on any atom is -0.313 e. The Morgan fingerprint density at radius 1 is 1.00 bits per heavy atom. The van der Waals surface area contributed by atoms with Crippen LogP contribution in [0.5, 0.6) is 0 Å². The highest BCUT2D eigenvalue weighted by atomic mass is 19.4. The van der Waals surface area contributed by atoms with Crippen LogP contribution >= 0.6 is 0 Å². The second-order valence-corrected chi connectivity index (χ2v) is 7.53. The summed E-state index contributed by atoms with van der Waals surface area (Å²) in [7, 11) is 0. The average molecular weight is 483 g/mol. The zero-order valence-corrected chi connectivity index (χ0v) is 19.6. The molecule has 0 saturated carbocycles. The van der Waals surface area contributed by atoms with Crippen molar-refractivity contribution in [2.24, 2.45) is 0 Å². The Kier molecular flexibility index (Phi) is 7.90. The molecule has 0 spiro atoms. The van der Waals surface area contributed by atoms with Gasteiger partial charge in [0.05, 0.1) is 17.6 Å². The van der Waals surface area contributed by atoms with Crippen molar-refractivity contribution in [2.75, 3.05) is 5.32 Å². The predicted octanol–water partition coefficient (Wildman–Crippen LogP) is 5.02. The first-order valence-corrected chi connectivity index (χ1v) is 10.7. The van der Waals surface area contributed by atoms with Gasteiger partial charge in [-0.1, -0.05) is 0 Å². The number of nitrogens with zero attached hydrogens (tertiary/aromatic N) is 6. The molecule has 11 heteroatoms. The zero-order chi connectivity index (χ0) is 25.6. The Labute approximate surface area is 200 Å². The molecule has 0 atom stereocenters. The SMILES string of the molecule is CCn1nc(C)c(-c2ccnc(C(F)(F)F)c2)c1C.Cc1cc(-c2cnccn2)cnc1NC=O. The van der Waals surface area contributed by atoms with Gasteiger partial charge in [-0.15, -0.1) is 0 Å². The van der Waals surface area contributed by atoms with Crippen molar-refractivity contribution in [3.05, 3.63) is 71.8 Å². The molecule has 0 aliphatic carbocycles. The number of halogens is 3. The normalized spacial score (nSPS) is 10.9. The van der Waals surface area contributed by atoms with E-state index in [9.17, 15) is 18.0 Å². The van der Waals surface area contributed by atoms with Crippen molar-refractivity contribution >= 4 is 12.2 Å². The van der Waals surface area contributed by atoms with Crippen LogP contribution in [0.25, 0.3) is 22.4 Å². The first kappa shape index (κ1) is 25.5. The van der Waals surface area contributed by atoms with Crippen LogP contribution in [0, 0.1) is 20.8 Å². The standard InChI is InChI=1S/C13H14F3N3.C11H10N4O/c1-4-19-9(3)12(8(2)18-19)10-5-6-17-11(7-10)13(14,15)16;1-8-4-9(5-14-11(8)15-7-16)10-6-12-2-3-13-10/h5-7H,4H2,1-3H3;2-7H,1H3,(H,14,15,16). The molecule has 182 valence electrons. The van der Waals surface area contributed by atoms with E-state index in [4.69, 9.17) is 0 Å². The summed E-state index contributed by atoms with van der Waals surface area (Å²) in [5.74, 6) is 0.558. The maximum Gasteiger partial charge on any atom is 0.433 e. The second-order valence-electron chi connectivity index (χ2n) is 7.53. The van der Waals surface area contributed by atoms with Crippen LogP contribution in [-0.2, 0) is 17.5 Å². The van der Waals surface area contributed by atoms with Crippen molar-refractivity contribution < 1.29 is 18.0 Å². The Morgan fingerprint density at radius 2 is 1.77 bits per heavy atom. The molecule has 1 amide bonds. The number of rotatable bonds is 5. The molecule has 1 N–H and O–H groups in total. The zero-order valence-electron chi connectivity index (χ0n) is 19.6. The summed E-state index contributed by atoms with van der Waals surface area (Å²) >= 11 is 0. The number of nitrogens with one attached hydrogen (secondary N) is 1. The van der Waals surface area contributed by atoms with Crippen LogP contribution in [0.1, 0.15) is 29.6 Å². The van der Waals surface area contributed by atoms with Gasteiger partial charge in [0.15, 0.2) is 0 Å². The summed E-state index contributed by atoms with van der Waals surface area (Å²) in [4.78, 5) is 26.0. The Balaban J connectivity index is 0.000000198. The summed E-state index contributed by atoms with van der Waals surface area (Å²) < 4.78 is 39.8. The average Bonchev–Trinajstić information content (AvgIpc) is 3.14. The van der Waals surface area contributed by atoms with Gasteiger partial charge in [-0.3, -0.25) is 24.4 Å². The Bertz CT molecular complexity index is 1300. The molecule has 4 aromatic rings. The van der Waals surface area contributed by atoms with Gasteiger partial charge in [-0.05, 0) is 57.0 Å². The van der Waals surface area contributed by atoms with Crippen LogP contribution in [-0.4, -0.2) is 36.1 Å². The van der Waals surface area contributed by atoms with E-state index in [1.165, 1.54) is 6.20 Å². The summed E-state index contributed by atoms with van der Waals surface area (Å²) in [5, 5.41) is 6.84. The van der Waals surface area contributed by atoms with Crippen LogP contribution < -0.4 is 5.32 Å². The number of pyridine rings is 2. The highest BCUT2D eigenvalue weighted by Gasteiger charge is 2.32. The van der Waals surface area contributed by atoms with Gasteiger partial charge >= 0.3 is 6.18 Å². The number of amides is 1. The summed E-state index contributed by atoms with van der Waals surface area (Å²) in [6.45, 7) is 8.15. The van der Waals surface area contributed by atoms with E-state index in [0.29, 0.717) is 24.3 Å². The first-order chi connectivity index (χ1) is 16.7. The molecule has 0 radical (unpaired) electrons. The third-order valence-corrected chi connectivity index (χ3v) is 5.15. The number of alkyl halides is 3. The molecular formula is C24H24F3N7O. The third kappa shape index (κ3) is 6.05. The number of anilines is 1. The predicted molar refractivity (Wildman–Crippen MR) is 125 cm³/mol. The lowest BCUT2D eigenvalue weighted by atomic mass is 10.0. The number of hydrogen-bond acceptors (Lipinski definition) is 6. The lowest BCUT2D eigenvalue weighted by Crippen LogP contribution is -2.07. The van der Waals surface area contributed by atoms with E-state index in [1.807, 2.05) is 26.8 Å². The molecule has 0 fully saturated rings. The van der Waals surface area contributed by atoms with Gasteiger partial charge in [0.25, 0.3) is 0 Å². The van der Waals surface area contributed by atoms with Gasteiger partial charge in [-0.2, -0.15) is 18.3 Å². The maximum absolute atomic E-state index is 12.7. The molecule has 0 bridgehead atoms. The third-order valence-electron chi connectivity index (χ3n) is 5.15. The molecule has 0 saturated heterocycles. The highest BCUT2D eigenvalue weighted by molar-refractivity contribution is 5.72. The summed E-state index contributed by atoms with van der Waals surface area (Å²) in [6.07, 6.45) is 3.93. The Morgan fingerprint density at radius 3 is 2.34 bits per heavy atom. The van der Waals surface area contributed by atoms with Gasteiger partial charge in [0.1, 0.15) is 11.5 Å². The van der Waals surface area contributed by atoms with Crippen molar-refractivity contribution in [1.29, 1.82) is 0 Å². The molecule has 4 aromatic heterocycles.